The van der Waals surface area contributed by atoms with Crippen molar-refractivity contribution >= 4 is 18.3 Å². The zero-order valence-electron chi connectivity index (χ0n) is 11.5. The van der Waals surface area contributed by atoms with Gasteiger partial charge in [0, 0.05) is 24.3 Å². The van der Waals surface area contributed by atoms with Gasteiger partial charge >= 0.3 is 6.18 Å². The van der Waals surface area contributed by atoms with Crippen molar-refractivity contribution in [2.45, 2.75) is 25.6 Å². The zero-order chi connectivity index (χ0) is 15.4. The number of nitrogens with zero attached hydrogens (tertiary/aromatic N) is 1. The molecule has 1 rings (SSSR count). The molecule has 1 amide bonds. The lowest BCUT2D eigenvalue weighted by Gasteiger charge is -2.24. The first-order valence-corrected chi connectivity index (χ1v) is 5.81. The van der Waals surface area contributed by atoms with E-state index >= 15 is 0 Å². The molecule has 21 heavy (non-hydrogen) atoms. The van der Waals surface area contributed by atoms with E-state index in [1.54, 1.807) is 13.8 Å². The summed E-state index contributed by atoms with van der Waals surface area (Å²) in [5.41, 5.74) is 5.11. The fraction of sp³-hybridized carbons (Fsp3) is 0.500. The Morgan fingerprint density at radius 3 is 2.43 bits per heavy atom. The van der Waals surface area contributed by atoms with Gasteiger partial charge in [-0.25, -0.2) is 4.98 Å². The van der Waals surface area contributed by atoms with Gasteiger partial charge < -0.3 is 15.8 Å². The molecule has 0 saturated heterocycles. The van der Waals surface area contributed by atoms with Gasteiger partial charge in [-0.2, -0.15) is 13.2 Å². The molecule has 0 fully saturated rings. The second kappa shape index (κ2) is 7.46. The van der Waals surface area contributed by atoms with E-state index < -0.39 is 24.2 Å². The molecule has 1 aromatic rings. The third-order valence-electron chi connectivity index (χ3n) is 2.34. The quantitative estimate of drug-likeness (QED) is 0.866. The van der Waals surface area contributed by atoms with Crippen molar-refractivity contribution in [1.29, 1.82) is 0 Å². The Balaban J connectivity index is 0.00000400. The normalized spacial score (nSPS) is 11.5. The maximum Gasteiger partial charge on any atom is 0.422 e. The lowest BCUT2D eigenvalue weighted by Crippen LogP contribution is -2.48. The smallest absolute Gasteiger partial charge is 0.422 e. The molecule has 3 N–H and O–H groups in total. The molecule has 1 aromatic heterocycles. The summed E-state index contributed by atoms with van der Waals surface area (Å²) in [5, 5.41) is 2.67. The molecule has 9 heteroatoms. The molecule has 120 valence electrons. The number of ether oxygens (including phenoxy) is 1. The molecular weight excluding hydrogens is 311 g/mol. The van der Waals surface area contributed by atoms with Crippen LogP contribution in [0, 0.1) is 0 Å². The van der Waals surface area contributed by atoms with Crippen LogP contribution in [0.15, 0.2) is 18.3 Å². The summed E-state index contributed by atoms with van der Waals surface area (Å²) in [5.74, 6) is -0.604. The second-order valence-electron chi connectivity index (χ2n) is 4.83. The highest BCUT2D eigenvalue weighted by molar-refractivity contribution is 5.94. The van der Waals surface area contributed by atoms with E-state index in [1.165, 1.54) is 12.1 Å². The fourth-order valence-corrected chi connectivity index (χ4v) is 1.19. The van der Waals surface area contributed by atoms with E-state index in [9.17, 15) is 18.0 Å². The van der Waals surface area contributed by atoms with Crippen LogP contribution in [0.25, 0.3) is 0 Å². The SMILES string of the molecule is CC(C)(CN)NC(=O)c1ccc(OCC(F)(F)F)nc1.Cl. The lowest BCUT2D eigenvalue weighted by molar-refractivity contribution is -0.154. The van der Waals surface area contributed by atoms with Crippen molar-refractivity contribution in [3.8, 4) is 5.88 Å². The van der Waals surface area contributed by atoms with E-state index in [4.69, 9.17) is 5.73 Å². The minimum absolute atomic E-state index is 0. The maximum absolute atomic E-state index is 11.9. The van der Waals surface area contributed by atoms with E-state index in [-0.39, 0.29) is 30.4 Å². The number of nitrogens with one attached hydrogen (secondary N) is 1. The maximum atomic E-state index is 11.9. The Bertz CT molecular complexity index is 464. The first-order chi connectivity index (χ1) is 9.13. The fourth-order valence-electron chi connectivity index (χ4n) is 1.19. The van der Waals surface area contributed by atoms with Crippen LogP contribution in [0.4, 0.5) is 13.2 Å². The number of nitrogens with two attached hydrogens (primary N) is 1. The summed E-state index contributed by atoms with van der Waals surface area (Å²) in [6.45, 7) is 2.32. The molecule has 1 heterocycles. The van der Waals surface area contributed by atoms with E-state index in [1.807, 2.05) is 0 Å². The number of carbonyl (C=O) groups is 1. The highest BCUT2D eigenvalue weighted by Crippen LogP contribution is 2.17. The summed E-state index contributed by atoms with van der Waals surface area (Å²) in [6.07, 6.45) is -3.28. The number of hydrogen-bond acceptors (Lipinski definition) is 4. The van der Waals surface area contributed by atoms with E-state index in [0.717, 1.165) is 6.20 Å². The van der Waals surface area contributed by atoms with Gasteiger partial charge in [0.25, 0.3) is 5.91 Å². The first kappa shape index (κ1) is 19.5. The molecule has 0 aliphatic rings. The van der Waals surface area contributed by atoms with Crippen LogP contribution in [0.1, 0.15) is 24.2 Å². The van der Waals surface area contributed by atoms with Crippen LogP contribution in [0.5, 0.6) is 5.88 Å². The lowest BCUT2D eigenvalue weighted by atomic mass is 10.1. The van der Waals surface area contributed by atoms with Crippen molar-refractivity contribution in [2.75, 3.05) is 13.2 Å². The highest BCUT2D eigenvalue weighted by atomic mass is 35.5. The summed E-state index contributed by atoms with van der Waals surface area (Å²) in [7, 11) is 0. The van der Waals surface area contributed by atoms with Crippen LogP contribution in [0.2, 0.25) is 0 Å². The molecule has 0 unspecified atom stereocenters. The third kappa shape index (κ3) is 7.14. The van der Waals surface area contributed by atoms with Crippen molar-refractivity contribution < 1.29 is 22.7 Å². The summed E-state index contributed by atoms with van der Waals surface area (Å²) in [4.78, 5) is 15.5. The molecule has 0 radical (unpaired) electrons. The molecule has 0 bridgehead atoms. The van der Waals surface area contributed by atoms with E-state index in [0.29, 0.717) is 0 Å². The first-order valence-electron chi connectivity index (χ1n) is 5.81. The Morgan fingerprint density at radius 2 is 2.00 bits per heavy atom. The van der Waals surface area contributed by atoms with Gasteiger partial charge in [0.15, 0.2) is 6.61 Å². The Morgan fingerprint density at radius 1 is 1.38 bits per heavy atom. The van der Waals surface area contributed by atoms with Crippen molar-refractivity contribution in [1.82, 2.24) is 10.3 Å². The van der Waals surface area contributed by atoms with Gasteiger partial charge in [0.1, 0.15) is 0 Å². The number of aromatic nitrogens is 1. The molecule has 0 aromatic carbocycles. The van der Waals surface area contributed by atoms with Gasteiger partial charge in [0.2, 0.25) is 5.88 Å². The monoisotopic (exact) mass is 327 g/mol. The van der Waals surface area contributed by atoms with Crippen molar-refractivity contribution in [3.63, 3.8) is 0 Å². The van der Waals surface area contributed by atoms with Gasteiger partial charge in [0.05, 0.1) is 5.56 Å². The van der Waals surface area contributed by atoms with Crippen molar-refractivity contribution in [2.24, 2.45) is 5.73 Å². The molecule has 0 saturated carbocycles. The Kier molecular flexibility index (Phi) is 6.92. The molecule has 0 aliphatic heterocycles. The predicted octanol–water partition coefficient (Wildman–Crippen LogP) is 1.91. The standard InChI is InChI=1S/C12H16F3N3O2.ClH/c1-11(2,6-16)18-10(19)8-3-4-9(17-5-8)20-7-12(13,14)15;/h3-5H,6-7,16H2,1-2H3,(H,18,19);1H. The van der Waals surface area contributed by atoms with Crippen LogP contribution in [-0.4, -0.2) is 35.8 Å². The van der Waals surface area contributed by atoms with Crippen LogP contribution < -0.4 is 15.8 Å². The summed E-state index contributed by atoms with van der Waals surface area (Å²) >= 11 is 0. The van der Waals surface area contributed by atoms with Gasteiger partial charge in [-0.1, -0.05) is 0 Å². The average Bonchev–Trinajstić information content (AvgIpc) is 2.35. The topological polar surface area (TPSA) is 77.2 Å². The zero-order valence-corrected chi connectivity index (χ0v) is 12.3. The van der Waals surface area contributed by atoms with Gasteiger partial charge in [-0.05, 0) is 19.9 Å². The van der Waals surface area contributed by atoms with Crippen LogP contribution in [0.3, 0.4) is 0 Å². The van der Waals surface area contributed by atoms with E-state index in [2.05, 4.69) is 15.0 Å². The highest BCUT2D eigenvalue weighted by Gasteiger charge is 2.28. The average molecular weight is 328 g/mol. The number of pyridine rings is 1. The minimum atomic E-state index is -4.43. The molecule has 5 nitrogen and oxygen atoms in total. The Labute approximate surface area is 126 Å². The largest absolute Gasteiger partial charge is 0.468 e. The predicted molar refractivity (Wildman–Crippen MR) is 73.6 cm³/mol. The number of rotatable bonds is 5. The van der Waals surface area contributed by atoms with Gasteiger partial charge in [-0.15, -0.1) is 12.4 Å². The van der Waals surface area contributed by atoms with Gasteiger partial charge in [-0.3, -0.25) is 4.79 Å². The minimum Gasteiger partial charge on any atom is -0.468 e. The Hall–Kier alpha value is -1.54. The summed E-state index contributed by atoms with van der Waals surface area (Å²) in [6, 6.07) is 2.54. The van der Waals surface area contributed by atoms with Crippen molar-refractivity contribution in [3.05, 3.63) is 23.9 Å². The second-order valence-corrected chi connectivity index (χ2v) is 4.83. The summed E-state index contributed by atoms with van der Waals surface area (Å²) < 4.78 is 40.3. The number of carbonyl (C=O) groups excluding carboxylic acids is 1. The molecule has 0 spiro atoms. The van der Waals surface area contributed by atoms with Crippen LogP contribution >= 0.6 is 12.4 Å². The van der Waals surface area contributed by atoms with Crippen LogP contribution in [-0.2, 0) is 0 Å². The molecular formula is C12H17ClF3N3O2. The molecule has 0 aliphatic carbocycles. The number of amides is 1. The molecule has 0 atom stereocenters. The number of halogens is 4. The number of hydrogen-bond donors (Lipinski definition) is 2. The number of alkyl halides is 3. The third-order valence-corrected chi connectivity index (χ3v) is 2.34.